The second kappa shape index (κ2) is 8.96. The quantitative estimate of drug-likeness (QED) is 0.206. The smallest absolute Gasteiger partial charge is 0.136 e. The highest BCUT2D eigenvalue weighted by atomic mass is 16.3. The fourth-order valence-corrected chi connectivity index (χ4v) is 7.63. The highest BCUT2D eigenvalue weighted by molar-refractivity contribution is 6.16. The number of para-hydroxylation sites is 1. The van der Waals surface area contributed by atoms with Gasteiger partial charge >= 0.3 is 0 Å². The lowest BCUT2D eigenvalue weighted by Crippen LogP contribution is -2.14. The maximum Gasteiger partial charge on any atom is 0.136 e. The third-order valence-electron chi connectivity index (χ3n) is 9.67. The van der Waals surface area contributed by atoms with Crippen LogP contribution in [-0.4, -0.2) is 4.57 Å². The van der Waals surface area contributed by atoms with Gasteiger partial charge in [-0.25, -0.2) is 0 Å². The Bertz CT molecular complexity index is 2650. The first-order valence-corrected chi connectivity index (χ1v) is 15.1. The molecule has 0 fully saturated rings. The van der Waals surface area contributed by atoms with Crippen LogP contribution >= 0.6 is 0 Å². The van der Waals surface area contributed by atoms with Crippen LogP contribution in [0.1, 0.15) is 36.1 Å². The van der Waals surface area contributed by atoms with Gasteiger partial charge in [-0.15, -0.1) is 0 Å². The molecule has 0 aliphatic heterocycles. The second-order valence-electron chi connectivity index (χ2n) is 12.4. The molecule has 0 bridgehead atoms. The zero-order valence-corrected chi connectivity index (χ0v) is 24.7. The van der Waals surface area contributed by atoms with Gasteiger partial charge in [0.1, 0.15) is 11.2 Å². The van der Waals surface area contributed by atoms with E-state index in [9.17, 15) is 10.5 Å². The van der Waals surface area contributed by atoms with Crippen molar-refractivity contribution >= 4 is 43.7 Å². The summed E-state index contributed by atoms with van der Waals surface area (Å²) in [7, 11) is 0. The molecule has 1 aliphatic carbocycles. The topological polar surface area (TPSA) is 65.7 Å². The van der Waals surface area contributed by atoms with E-state index in [0.717, 1.165) is 60.6 Å². The van der Waals surface area contributed by atoms with Crippen molar-refractivity contribution in [2.45, 2.75) is 19.3 Å². The zero-order valence-electron chi connectivity index (χ0n) is 24.7. The Morgan fingerprint density at radius 3 is 2.24 bits per heavy atom. The summed E-state index contributed by atoms with van der Waals surface area (Å²) < 4.78 is 8.80. The minimum Gasteiger partial charge on any atom is -0.456 e. The molecule has 4 heteroatoms. The number of rotatable bonds is 2. The summed E-state index contributed by atoms with van der Waals surface area (Å²) in [5.41, 5.74) is 12.4. The zero-order chi connectivity index (χ0) is 30.4. The van der Waals surface area contributed by atoms with Gasteiger partial charge in [0.2, 0.25) is 0 Å². The van der Waals surface area contributed by atoms with Crippen molar-refractivity contribution in [2.75, 3.05) is 0 Å². The molecule has 0 saturated carbocycles. The molecule has 210 valence electrons. The van der Waals surface area contributed by atoms with E-state index >= 15 is 0 Å². The molecule has 0 unspecified atom stereocenters. The molecule has 4 nitrogen and oxygen atoms in total. The molecular weight excluding hydrogens is 550 g/mol. The van der Waals surface area contributed by atoms with Crippen LogP contribution in [0, 0.1) is 22.7 Å². The average molecular weight is 576 g/mol. The lowest BCUT2D eigenvalue weighted by molar-refractivity contribution is 0.647. The Kier molecular flexibility index (Phi) is 5.06. The number of nitrogens with zero attached hydrogens (tertiary/aromatic N) is 3. The van der Waals surface area contributed by atoms with Crippen molar-refractivity contribution in [1.29, 1.82) is 10.5 Å². The number of aromatic nitrogens is 1. The summed E-state index contributed by atoms with van der Waals surface area (Å²) in [6.45, 7) is 4.55. The fraction of sp³-hybridized carbons (Fsp3) is 0.0732. The van der Waals surface area contributed by atoms with Crippen molar-refractivity contribution in [2.24, 2.45) is 0 Å². The molecule has 0 spiro atoms. The van der Waals surface area contributed by atoms with Gasteiger partial charge in [-0.3, -0.25) is 0 Å². The van der Waals surface area contributed by atoms with E-state index in [-0.39, 0.29) is 5.41 Å². The summed E-state index contributed by atoms with van der Waals surface area (Å²) in [4.78, 5) is 0. The lowest BCUT2D eigenvalue weighted by Gasteiger charge is -2.21. The van der Waals surface area contributed by atoms with Crippen LogP contribution in [0.15, 0.2) is 120 Å². The number of benzene rings is 6. The maximum atomic E-state index is 10.5. The van der Waals surface area contributed by atoms with Gasteiger partial charge in [-0.2, -0.15) is 10.5 Å². The number of nitriles is 2. The molecule has 2 heterocycles. The van der Waals surface area contributed by atoms with E-state index in [1.165, 1.54) is 22.3 Å². The maximum absolute atomic E-state index is 10.5. The lowest BCUT2D eigenvalue weighted by atomic mass is 9.82. The number of furan rings is 1. The average Bonchev–Trinajstić information content (AvgIpc) is 3.68. The molecule has 45 heavy (non-hydrogen) atoms. The summed E-state index contributed by atoms with van der Waals surface area (Å²) in [6, 6.07) is 44.0. The van der Waals surface area contributed by atoms with Crippen LogP contribution in [0.2, 0.25) is 0 Å². The number of fused-ring (bicyclic) bond motifs is 9. The van der Waals surface area contributed by atoms with Crippen molar-refractivity contribution in [3.05, 3.63) is 138 Å². The van der Waals surface area contributed by atoms with Gasteiger partial charge in [0.15, 0.2) is 0 Å². The van der Waals surface area contributed by atoms with Gasteiger partial charge < -0.3 is 8.98 Å². The summed E-state index contributed by atoms with van der Waals surface area (Å²) in [5.74, 6) is 0. The Labute approximate surface area is 259 Å². The summed E-state index contributed by atoms with van der Waals surface area (Å²) in [5, 5.41) is 24.3. The van der Waals surface area contributed by atoms with Crippen molar-refractivity contribution in [3.8, 4) is 40.1 Å². The predicted molar refractivity (Wildman–Crippen MR) is 180 cm³/mol. The molecule has 8 aromatic rings. The van der Waals surface area contributed by atoms with Gasteiger partial charge in [0, 0.05) is 32.5 Å². The van der Waals surface area contributed by atoms with Crippen LogP contribution < -0.4 is 0 Å². The predicted octanol–water partition coefficient (Wildman–Crippen LogP) is 10.4. The largest absolute Gasteiger partial charge is 0.456 e. The molecule has 0 atom stereocenters. The van der Waals surface area contributed by atoms with Crippen molar-refractivity contribution in [3.63, 3.8) is 0 Å². The van der Waals surface area contributed by atoms with Gasteiger partial charge in [-0.05, 0) is 82.4 Å². The normalized spacial score (nSPS) is 13.2. The van der Waals surface area contributed by atoms with Crippen LogP contribution in [0.3, 0.4) is 0 Å². The molecule has 0 amide bonds. The molecule has 0 radical (unpaired) electrons. The molecule has 2 aromatic heterocycles. The van der Waals surface area contributed by atoms with Gasteiger partial charge in [0.05, 0.1) is 40.0 Å². The third kappa shape index (κ3) is 3.34. The Morgan fingerprint density at radius 1 is 0.600 bits per heavy atom. The van der Waals surface area contributed by atoms with E-state index in [1.807, 2.05) is 54.6 Å². The van der Waals surface area contributed by atoms with E-state index in [4.69, 9.17) is 4.42 Å². The van der Waals surface area contributed by atoms with Crippen molar-refractivity contribution < 1.29 is 4.42 Å². The van der Waals surface area contributed by atoms with E-state index < -0.39 is 0 Å². The van der Waals surface area contributed by atoms with Crippen LogP contribution in [0.5, 0.6) is 0 Å². The monoisotopic (exact) mass is 575 g/mol. The van der Waals surface area contributed by atoms with E-state index in [2.05, 4.69) is 91.2 Å². The molecule has 0 saturated heterocycles. The highest BCUT2D eigenvalue weighted by Gasteiger charge is 2.36. The fourth-order valence-electron chi connectivity index (χ4n) is 7.63. The van der Waals surface area contributed by atoms with Gasteiger partial charge in [-0.1, -0.05) is 74.5 Å². The standard InChI is InChI=1S/C41H25N3O/c1-41(2)32-13-5-3-10-26(32)29-20-31-38(21-33(29)41)45-37-16-8-12-28(40(31)37)39-25(23-43)9-7-15-36(39)44-34-14-6-4-11-27(34)30-19-24(22-42)17-18-35(30)44/h3-21H,1-2H3. The molecular formula is C41H25N3O. The second-order valence-corrected chi connectivity index (χ2v) is 12.4. The van der Waals surface area contributed by atoms with Gasteiger partial charge in [0.25, 0.3) is 0 Å². The summed E-state index contributed by atoms with van der Waals surface area (Å²) >= 11 is 0. The van der Waals surface area contributed by atoms with Crippen LogP contribution in [0.4, 0.5) is 0 Å². The first-order valence-electron chi connectivity index (χ1n) is 15.1. The minimum absolute atomic E-state index is 0.134. The first-order chi connectivity index (χ1) is 22.0. The van der Waals surface area contributed by atoms with Crippen LogP contribution in [0.25, 0.3) is 71.7 Å². The van der Waals surface area contributed by atoms with Crippen molar-refractivity contribution in [1.82, 2.24) is 4.57 Å². The Hall–Kier alpha value is -6.10. The SMILES string of the molecule is CC1(C)c2ccccc2-c2cc3c(cc21)oc1cccc(-c2c(C#N)cccc2-n2c4ccccc4c4cc(C#N)ccc42)c13. The van der Waals surface area contributed by atoms with E-state index in [1.54, 1.807) is 0 Å². The third-order valence-corrected chi connectivity index (χ3v) is 9.67. The molecule has 9 rings (SSSR count). The highest BCUT2D eigenvalue weighted by Crippen LogP contribution is 2.51. The number of hydrogen-bond donors (Lipinski definition) is 0. The molecule has 1 aliphatic rings. The van der Waals surface area contributed by atoms with E-state index in [0.29, 0.717) is 11.1 Å². The first kappa shape index (κ1) is 25.4. The number of hydrogen-bond acceptors (Lipinski definition) is 3. The minimum atomic E-state index is -0.134. The van der Waals surface area contributed by atoms with Crippen LogP contribution in [-0.2, 0) is 5.41 Å². The molecule has 6 aromatic carbocycles. The Balaban J connectivity index is 1.39. The Morgan fingerprint density at radius 2 is 1.38 bits per heavy atom. The molecule has 0 N–H and O–H groups in total. The summed E-state index contributed by atoms with van der Waals surface area (Å²) in [6.07, 6.45) is 0.